The summed E-state index contributed by atoms with van der Waals surface area (Å²) in [6.07, 6.45) is 0. The highest BCUT2D eigenvalue weighted by Crippen LogP contribution is 2.17. The molecule has 0 aliphatic rings. The highest BCUT2D eigenvalue weighted by molar-refractivity contribution is 6.14. The van der Waals surface area contributed by atoms with Crippen molar-refractivity contribution in [1.82, 2.24) is 15.5 Å². The number of aromatic nitrogens is 2. The molecule has 0 unspecified atom stereocenters. The van der Waals surface area contributed by atoms with E-state index in [-0.39, 0.29) is 5.56 Å². The van der Waals surface area contributed by atoms with Gasteiger partial charge in [-0.3, -0.25) is 4.79 Å². The predicted molar refractivity (Wildman–Crippen MR) is 72.3 cm³/mol. The molecule has 2 rings (SSSR count). The van der Waals surface area contributed by atoms with Crippen molar-refractivity contribution in [3.05, 3.63) is 42.0 Å². The van der Waals surface area contributed by atoms with Crippen molar-refractivity contribution in [2.24, 2.45) is 0 Å². The van der Waals surface area contributed by atoms with Gasteiger partial charge in [-0.2, -0.15) is 0 Å². The van der Waals surface area contributed by atoms with Gasteiger partial charge in [-0.15, -0.1) is 10.2 Å². The van der Waals surface area contributed by atoms with Crippen molar-refractivity contribution >= 4 is 19.6 Å². The second kappa shape index (κ2) is 5.28. The zero-order chi connectivity index (χ0) is 14.8. The van der Waals surface area contributed by atoms with E-state index in [0.717, 1.165) is 5.56 Å². The van der Waals surface area contributed by atoms with Gasteiger partial charge < -0.3 is 21.3 Å². The smallest absolute Gasteiger partial charge is 0.254 e. The second-order valence-corrected chi connectivity index (χ2v) is 4.10. The van der Waals surface area contributed by atoms with Crippen LogP contribution in [0.5, 0.6) is 0 Å². The van der Waals surface area contributed by atoms with Gasteiger partial charge in [-0.25, -0.2) is 0 Å². The number of nitrogens with two attached hydrogens (primary N) is 1. The maximum Gasteiger partial charge on any atom is 0.254 e. The number of nitrogen functional groups attached to an aromatic ring is 1. The number of carbonyl (C=O) groups excluding carboxylic acids is 1. The first-order valence-electron chi connectivity index (χ1n) is 5.61. The minimum atomic E-state index is -2.75. The molecule has 0 aliphatic carbocycles. The lowest BCUT2D eigenvalue weighted by atomic mass is 10.0. The third kappa shape index (κ3) is 3.53. The van der Waals surface area contributed by atoms with Crippen LogP contribution >= 0.6 is 0 Å². The predicted octanol–water partition coefficient (Wildman–Crippen LogP) is -0.780. The van der Waals surface area contributed by atoms with Crippen molar-refractivity contribution < 1.29 is 15.0 Å². The number of anilines is 1. The fourth-order valence-electron chi connectivity index (χ4n) is 1.53. The summed E-state index contributed by atoms with van der Waals surface area (Å²) < 4.78 is 0. The lowest BCUT2D eigenvalue weighted by molar-refractivity contribution is -0.102. The van der Waals surface area contributed by atoms with Gasteiger partial charge in [0.1, 0.15) is 5.82 Å². The van der Waals surface area contributed by atoms with E-state index in [9.17, 15) is 4.79 Å². The van der Waals surface area contributed by atoms with Crippen molar-refractivity contribution in [2.75, 3.05) is 5.73 Å². The minimum absolute atomic E-state index is 0.218. The fraction of sp³-hybridized carbons (Fsp3) is 0.0833. The van der Waals surface area contributed by atoms with Crippen LogP contribution in [0.4, 0.5) is 5.82 Å². The average molecular weight is 270 g/mol. The molecule has 7 nitrogen and oxygen atoms in total. The van der Waals surface area contributed by atoms with Crippen LogP contribution in [0.2, 0.25) is 0 Å². The highest BCUT2D eigenvalue weighted by atomic mass is 16.5. The Morgan fingerprint density at radius 2 is 1.80 bits per heavy atom. The van der Waals surface area contributed by atoms with E-state index >= 15 is 0 Å². The Labute approximate surface area is 115 Å². The summed E-state index contributed by atoms with van der Waals surface area (Å²) >= 11 is 0. The summed E-state index contributed by atoms with van der Waals surface area (Å²) in [7, 11) is 4.86. The zero-order valence-electron chi connectivity index (χ0n) is 10.3. The Morgan fingerprint density at radius 1 is 1.15 bits per heavy atom. The lowest BCUT2D eigenvalue weighted by Crippen LogP contribution is -2.48. The Balaban J connectivity index is 2.18. The molecular weight excluding hydrogens is 259 g/mol. The van der Waals surface area contributed by atoms with Crippen LogP contribution in [0.25, 0.3) is 11.3 Å². The summed E-state index contributed by atoms with van der Waals surface area (Å²) in [5, 5.41) is 27.2. The van der Waals surface area contributed by atoms with E-state index in [0.29, 0.717) is 11.5 Å². The van der Waals surface area contributed by atoms with E-state index in [1.165, 1.54) is 12.1 Å². The number of hydrogen-bond donors (Lipinski definition) is 4. The quantitative estimate of drug-likeness (QED) is 0.429. The van der Waals surface area contributed by atoms with Crippen LogP contribution < -0.4 is 11.1 Å². The van der Waals surface area contributed by atoms with Gasteiger partial charge in [0.15, 0.2) is 13.7 Å². The summed E-state index contributed by atoms with van der Waals surface area (Å²) in [4.78, 5) is 11.6. The maximum atomic E-state index is 11.6. The molecule has 0 bridgehead atoms. The molecule has 5 N–H and O–H groups in total. The number of rotatable bonds is 3. The Hall–Kier alpha value is -2.45. The number of nitrogens with one attached hydrogen (secondary N) is 1. The molecule has 100 valence electrons. The standard InChI is InChI=1S/C12H11BN4O3/c13-12(19,20)15-11(18)8-3-1-7(2-4-8)9-5-6-10(14)17-16-9/h1-6,19-20H,(H2,14,17)(H,15,18). The largest absolute Gasteiger partial charge is 0.382 e. The summed E-state index contributed by atoms with van der Waals surface area (Å²) in [6.45, 7) is 0. The van der Waals surface area contributed by atoms with Crippen LogP contribution in [0.1, 0.15) is 10.4 Å². The second-order valence-electron chi connectivity index (χ2n) is 4.10. The van der Waals surface area contributed by atoms with E-state index in [1.54, 1.807) is 24.3 Å². The first-order chi connectivity index (χ1) is 9.35. The van der Waals surface area contributed by atoms with Gasteiger partial charge in [0.05, 0.1) is 5.69 Å². The van der Waals surface area contributed by atoms with Crippen LogP contribution in [-0.4, -0.2) is 40.0 Å². The molecule has 0 atom stereocenters. The van der Waals surface area contributed by atoms with Gasteiger partial charge in [0.25, 0.3) is 5.91 Å². The van der Waals surface area contributed by atoms with Crippen LogP contribution in [0.15, 0.2) is 36.4 Å². The Kier molecular flexibility index (Phi) is 3.69. The molecule has 2 radical (unpaired) electrons. The molecule has 0 aliphatic heterocycles. The summed E-state index contributed by atoms with van der Waals surface area (Å²) in [6, 6.07) is 9.58. The first kappa shape index (κ1) is 14.0. The number of nitrogens with zero attached hydrogens (tertiary/aromatic N) is 2. The zero-order valence-corrected chi connectivity index (χ0v) is 10.3. The van der Waals surface area contributed by atoms with Gasteiger partial charge in [-0.05, 0) is 24.3 Å². The van der Waals surface area contributed by atoms with Gasteiger partial charge in [-0.1, -0.05) is 12.1 Å². The summed E-state index contributed by atoms with van der Waals surface area (Å²) in [5.41, 5.74) is 7.00. The SMILES string of the molecule is [B]C(O)(O)NC(=O)c1ccc(-c2ccc(N)nn2)cc1. The summed E-state index contributed by atoms with van der Waals surface area (Å²) in [5.74, 6) is -3.15. The molecule has 1 aromatic heterocycles. The maximum absolute atomic E-state index is 11.6. The van der Waals surface area contributed by atoms with E-state index in [1.807, 2.05) is 5.32 Å². The molecule has 1 heterocycles. The van der Waals surface area contributed by atoms with E-state index in [2.05, 4.69) is 10.2 Å². The lowest BCUT2D eigenvalue weighted by Gasteiger charge is -2.18. The molecule has 0 fully saturated rings. The number of carbonyl (C=O) groups is 1. The van der Waals surface area contributed by atoms with Crippen molar-refractivity contribution in [3.8, 4) is 11.3 Å². The van der Waals surface area contributed by atoms with Crippen LogP contribution in [0, 0.1) is 0 Å². The first-order valence-corrected chi connectivity index (χ1v) is 5.61. The highest BCUT2D eigenvalue weighted by Gasteiger charge is 2.18. The van der Waals surface area contributed by atoms with E-state index in [4.69, 9.17) is 23.8 Å². The normalized spacial score (nSPS) is 11.1. The monoisotopic (exact) mass is 270 g/mol. The van der Waals surface area contributed by atoms with Crippen LogP contribution in [0.3, 0.4) is 0 Å². The molecule has 0 spiro atoms. The Morgan fingerprint density at radius 3 is 2.30 bits per heavy atom. The molecule has 20 heavy (non-hydrogen) atoms. The average Bonchev–Trinajstić information content (AvgIpc) is 2.38. The molecule has 8 heteroatoms. The number of amides is 1. The third-order valence-electron chi connectivity index (χ3n) is 2.43. The number of aliphatic hydroxyl groups is 2. The van der Waals surface area contributed by atoms with Crippen molar-refractivity contribution in [1.29, 1.82) is 0 Å². The minimum Gasteiger partial charge on any atom is -0.382 e. The number of benzene rings is 1. The molecule has 0 saturated heterocycles. The van der Waals surface area contributed by atoms with Crippen molar-refractivity contribution in [3.63, 3.8) is 0 Å². The molecule has 1 aromatic carbocycles. The Bertz CT molecular complexity index is 608. The van der Waals surface area contributed by atoms with E-state index < -0.39 is 11.7 Å². The van der Waals surface area contributed by atoms with Gasteiger partial charge in [0, 0.05) is 11.1 Å². The third-order valence-corrected chi connectivity index (χ3v) is 2.43. The molecule has 2 aromatic rings. The molecular formula is C12H11BN4O3. The fourth-order valence-corrected chi connectivity index (χ4v) is 1.53. The molecule has 1 amide bonds. The van der Waals surface area contributed by atoms with Crippen LogP contribution in [-0.2, 0) is 0 Å². The van der Waals surface area contributed by atoms with Gasteiger partial charge >= 0.3 is 0 Å². The molecule has 0 saturated carbocycles. The topological polar surface area (TPSA) is 121 Å². The van der Waals surface area contributed by atoms with Gasteiger partial charge in [0.2, 0.25) is 0 Å². The number of hydrogen-bond acceptors (Lipinski definition) is 6. The van der Waals surface area contributed by atoms with Crippen molar-refractivity contribution in [2.45, 2.75) is 5.81 Å².